The summed E-state index contributed by atoms with van der Waals surface area (Å²) >= 11 is 0. The molecule has 0 heterocycles. The molecule has 3 nitrogen and oxygen atoms in total. The molecule has 0 aromatic heterocycles. The molecule has 1 N–H and O–H groups in total. The van der Waals surface area contributed by atoms with Gasteiger partial charge in [-0.25, -0.2) is 4.39 Å². The van der Waals surface area contributed by atoms with Gasteiger partial charge in [0, 0.05) is 6.54 Å². The Kier molecular flexibility index (Phi) is 6.91. The molecule has 0 amide bonds. The Morgan fingerprint density at radius 1 is 1.19 bits per heavy atom. The first-order valence-corrected chi connectivity index (χ1v) is 6.65. The predicted molar refractivity (Wildman–Crippen MR) is 72.9 cm³/mol. The minimum atomic E-state index is -4.71. The Morgan fingerprint density at radius 3 is 2.52 bits per heavy atom. The first-order valence-electron chi connectivity index (χ1n) is 6.65. The summed E-state index contributed by atoms with van der Waals surface area (Å²) in [6, 6.07) is 2.64. The number of halogens is 4. The highest BCUT2D eigenvalue weighted by Gasteiger charge is 2.34. The molecule has 0 spiro atoms. The molecule has 1 aromatic carbocycles. The first kappa shape index (κ1) is 17.7. The van der Waals surface area contributed by atoms with E-state index in [9.17, 15) is 17.6 Å². The smallest absolute Gasteiger partial charge is 0.419 e. The molecule has 0 bridgehead atoms. The van der Waals surface area contributed by atoms with Gasteiger partial charge in [0.05, 0.1) is 5.56 Å². The van der Waals surface area contributed by atoms with Crippen molar-refractivity contribution in [1.29, 1.82) is 0 Å². The topological polar surface area (TPSA) is 24.5 Å². The normalized spacial score (nSPS) is 12.0. The van der Waals surface area contributed by atoms with Crippen LogP contribution in [0.1, 0.15) is 12.0 Å². The number of nitrogens with one attached hydrogen (secondary N) is 1. The number of hydrogen-bond acceptors (Lipinski definition) is 3. The molecule has 0 saturated carbocycles. The van der Waals surface area contributed by atoms with Crippen LogP contribution >= 0.6 is 0 Å². The Morgan fingerprint density at radius 2 is 1.90 bits per heavy atom. The van der Waals surface area contributed by atoms with Gasteiger partial charge in [0.25, 0.3) is 0 Å². The van der Waals surface area contributed by atoms with Crippen LogP contribution in [-0.2, 0) is 6.18 Å². The van der Waals surface area contributed by atoms with E-state index in [1.54, 1.807) is 0 Å². The van der Waals surface area contributed by atoms with Gasteiger partial charge in [-0.3, -0.25) is 0 Å². The van der Waals surface area contributed by atoms with Crippen molar-refractivity contribution in [2.24, 2.45) is 0 Å². The number of ether oxygens (including phenoxy) is 1. The highest BCUT2D eigenvalue weighted by Crippen LogP contribution is 2.33. The molecule has 0 fully saturated rings. The fourth-order valence-electron chi connectivity index (χ4n) is 1.70. The lowest BCUT2D eigenvalue weighted by molar-refractivity contribution is -0.140. The highest BCUT2D eigenvalue weighted by atomic mass is 19.4. The average molecular weight is 308 g/mol. The zero-order valence-corrected chi connectivity index (χ0v) is 12.1. The Labute approximate surface area is 121 Å². The maximum Gasteiger partial charge on any atom is 0.419 e. The number of benzene rings is 1. The molecule has 1 aromatic rings. The van der Waals surface area contributed by atoms with Gasteiger partial charge < -0.3 is 15.0 Å². The van der Waals surface area contributed by atoms with Crippen LogP contribution in [0.15, 0.2) is 18.2 Å². The van der Waals surface area contributed by atoms with Crippen molar-refractivity contribution >= 4 is 0 Å². The van der Waals surface area contributed by atoms with Crippen LogP contribution in [0.5, 0.6) is 5.75 Å². The van der Waals surface area contributed by atoms with Crippen molar-refractivity contribution in [3.8, 4) is 5.75 Å². The average Bonchev–Trinajstić information content (AvgIpc) is 2.37. The summed E-state index contributed by atoms with van der Waals surface area (Å²) in [6.45, 7) is 2.51. The maximum atomic E-state index is 13.1. The van der Waals surface area contributed by atoms with Gasteiger partial charge in [-0.15, -0.1) is 0 Å². The highest BCUT2D eigenvalue weighted by molar-refractivity contribution is 5.31. The zero-order chi connectivity index (χ0) is 15.9. The van der Waals surface area contributed by atoms with Crippen LogP contribution in [-0.4, -0.2) is 45.2 Å². The summed E-state index contributed by atoms with van der Waals surface area (Å²) in [5.74, 6) is -1.28. The van der Waals surface area contributed by atoms with Gasteiger partial charge in [-0.1, -0.05) is 0 Å². The Balaban J connectivity index is 2.33. The molecule has 7 heteroatoms. The first-order chi connectivity index (χ1) is 9.80. The summed E-state index contributed by atoms with van der Waals surface area (Å²) in [5.41, 5.74) is -1.31. The second-order valence-electron chi connectivity index (χ2n) is 4.89. The summed E-state index contributed by atoms with van der Waals surface area (Å²) in [4.78, 5) is 2.06. The van der Waals surface area contributed by atoms with Gasteiger partial charge in [-0.05, 0) is 51.8 Å². The lowest BCUT2D eigenvalue weighted by Crippen LogP contribution is -2.25. The van der Waals surface area contributed by atoms with E-state index in [-0.39, 0.29) is 12.4 Å². The zero-order valence-electron chi connectivity index (χ0n) is 12.1. The van der Waals surface area contributed by atoms with E-state index in [0.29, 0.717) is 12.6 Å². The maximum absolute atomic E-state index is 13.1. The van der Waals surface area contributed by atoms with Crippen LogP contribution in [0.2, 0.25) is 0 Å². The minimum Gasteiger partial charge on any atom is -0.492 e. The summed E-state index contributed by atoms with van der Waals surface area (Å²) in [7, 11) is 3.96. The fraction of sp³-hybridized carbons (Fsp3) is 0.571. The van der Waals surface area contributed by atoms with Gasteiger partial charge in [0.2, 0.25) is 0 Å². The van der Waals surface area contributed by atoms with Crippen molar-refractivity contribution in [1.82, 2.24) is 10.2 Å². The van der Waals surface area contributed by atoms with Gasteiger partial charge in [-0.2, -0.15) is 13.2 Å². The summed E-state index contributed by atoms with van der Waals surface area (Å²) in [5, 5.41) is 3.12. The third-order valence-corrected chi connectivity index (χ3v) is 2.75. The fourth-order valence-corrected chi connectivity index (χ4v) is 1.70. The number of alkyl halides is 3. The lowest BCUT2D eigenvalue weighted by Gasteiger charge is -2.12. The number of nitrogens with zero attached hydrogens (tertiary/aromatic N) is 1. The molecule has 0 unspecified atom stereocenters. The van der Waals surface area contributed by atoms with E-state index in [1.807, 2.05) is 14.1 Å². The van der Waals surface area contributed by atoms with E-state index >= 15 is 0 Å². The monoisotopic (exact) mass is 308 g/mol. The van der Waals surface area contributed by atoms with Gasteiger partial charge >= 0.3 is 6.18 Å². The van der Waals surface area contributed by atoms with Crippen molar-refractivity contribution in [2.75, 3.05) is 40.3 Å². The summed E-state index contributed by atoms with van der Waals surface area (Å²) < 4.78 is 55.8. The van der Waals surface area contributed by atoms with Crippen molar-refractivity contribution < 1.29 is 22.3 Å². The Bertz CT molecular complexity index is 435. The van der Waals surface area contributed by atoms with E-state index in [0.717, 1.165) is 25.6 Å². The predicted octanol–water partition coefficient (Wildman–Crippen LogP) is 2.76. The second kappa shape index (κ2) is 8.19. The molecule has 0 aliphatic rings. The molecule has 120 valence electrons. The van der Waals surface area contributed by atoms with Crippen LogP contribution < -0.4 is 10.1 Å². The molecule has 0 aliphatic heterocycles. The SMILES string of the molecule is CN(C)CCCNCCOc1ccc(F)c(C(F)(F)F)c1. The van der Waals surface area contributed by atoms with Gasteiger partial charge in [0.15, 0.2) is 0 Å². The molecule has 0 atom stereocenters. The van der Waals surface area contributed by atoms with Gasteiger partial charge in [0.1, 0.15) is 18.2 Å². The van der Waals surface area contributed by atoms with Crippen molar-refractivity contribution in [2.45, 2.75) is 12.6 Å². The lowest BCUT2D eigenvalue weighted by atomic mass is 10.2. The van der Waals surface area contributed by atoms with Crippen LogP contribution in [0, 0.1) is 5.82 Å². The third-order valence-electron chi connectivity index (χ3n) is 2.75. The van der Waals surface area contributed by atoms with Crippen LogP contribution in [0.3, 0.4) is 0 Å². The third kappa shape index (κ3) is 6.77. The molecular formula is C14H20F4N2O. The second-order valence-corrected chi connectivity index (χ2v) is 4.89. The molecule has 0 saturated heterocycles. The van der Waals surface area contributed by atoms with Crippen molar-refractivity contribution in [3.05, 3.63) is 29.6 Å². The van der Waals surface area contributed by atoms with Crippen molar-refractivity contribution in [3.63, 3.8) is 0 Å². The Hall–Kier alpha value is -1.34. The molecular weight excluding hydrogens is 288 g/mol. The minimum absolute atomic E-state index is 0.0128. The standard InChI is InChI=1S/C14H20F4N2O/c1-20(2)8-3-6-19-7-9-21-11-4-5-13(15)12(10-11)14(16,17)18/h4-5,10,19H,3,6-9H2,1-2H3. The number of hydrogen-bond donors (Lipinski definition) is 1. The molecule has 0 radical (unpaired) electrons. The van der Waals surface area contributed by atoms with Crippen LogP contribution in [0.25, 0.3) is 0 Å². The molecule has 0 aliphatic carbocycles. The largest absolute Gasteiger partial charge is 0.492 e. The van der Waals surface area contributed by atoms with E-state index in [1.165, 1.54) is 6.07 Å². The quantitative estimate of drug-likeness (QED) is 0.590. The van der Waals surface area contributed by atoms with Crippen LogP contribution in [0.4, 0.5) is 17.6 Å². The number of rotatable bonds is 8. The van der Waals surface area contributed by atoms with E-state index < -0.39 is 17.6 Å². The van der Waals surface area contributed by atoms with E-state index in [4.69, 9.17) is 4.74 Å². The molecule has 21 heavy (non-hydrogen) atoms. The molecule has 1 rings (SSSR count). The summed E-state index contributed by atoms with van der Waals surface area (Å²) in [6.07, 6.45) is -3.74. The van der Waals surface area contributed by atoms with E-state index in [2.05, 4.69) is 10.2 Å².